The van der Waals surface area contributed by atoms with E-state index in [1.807, 2.05) is 0 Å². The van der Waals surface area contributed by atoms with Crippen LogP contribution in [0.15, 0.2) is 0 Å². The minimum absolute atomic E-state index is 0.0563. The Morgan fingerprint density at radius 3 is 2.38 bits per heavy atom. The number of nitrogens with zero attached hydrogens (tertiary/aromatic N) is 1. The van der Waals surface area contributed by atoms with E-state index in [1.165, 1.54) is 56.9 Å². The molecule has 2 N–H and O–H groups in total. The van der Waals surface area contributed by atoms with Gasteiger partial charge in [0.15, 0.2) is 8.64 Å². The number of rotatable bonds is 5. The Morgan fingerprint density at radius 1 is 1.31 bits per heavy atom. The van der Waals surface area contributed by atoms with Crippen molar-refractivity contribution in [3.8, 4) is 0 Å². The van der Waals surface area contributed by atoms with Crippen molar-refractivity contribution in [2.75, 3.05) is 0 Å². The van der Waals surface area contributed by atoms with Crippen molar-refractivity contribution >= 4 is 49.0 Å². The standard InChI is InChI=1S/C5H23N3Si5/c9-7-13(8(10)11)12-6-5-3-1-2-4-5/h5-7,13H,1-4,12H2,9-11H3. The van der Waals surface area contributed by atoms with Crippen LogP contribution < -0.4 is 9.63 Å². The molecule has 1 fully saturated rings. The van der Waals surface area contributed by atoms with E-state index in [1.54, 1.807) is 0 Å². The van der Waals surface area contributed by atoms with Gasteiger partial charge in [-0.1, -0.05) is 12.8 Å². The molecule has 0 amide bonds. The number of hydrogen-bond acceptors (Lipinski definition) is 3. The van der Waals surface area contributed by atoms with E-state index in [-0.39, 0.29) is 9.20 Å². The molecule has 0 saturated heterocycles. The summed E-state index contributed by atoms with van der Waals surface area (Å²) < 4.78 is 6.42. The summed E-state index contributed by atoms with van der Waals surface area (Å²) in [6.45, 7) is 0. The lowest BCUT2D eigenvalue weighted by Crippen LogP contribution is -2.57. The minimum Gasteiger partial charge on any atom is -0.375 e. The van der Waals surface area contributed by atoms with Crippen LogP contribution in [0, 0.1) is 0 Å². The lowest BCUT2D eigenvalue weighted by molar-refractivity contribution is 0.647. The second-order valence-corrected chi connectivity index (χ2v) is 19.6. The van der Waals surface area contributed by atoms with Gasteiger partial charge in [0.2, 0.25) is 0 Å². The molecule has 13 heavy (non-hydrogen) atoms. The fourth-order valence-corrected chi connectivity index (χ4v) is 18.7. The quantitative estimate of drug-likeness (QED) is 0.488. The van der Waals surface area contributed by atoms with Crippen LogP contribution in [-0.4, -0.2) is 59.0 Å². The summed E-state index contributed by atoms with van der Waals surface area (Å²) in [5.74, 6) is 0. The summed E-state index contributed by atoms with van der Waals surface area (Å²) in [6, 6.07) is 0.917. The van der Waals surface area contributed by atoms with Crippen molar-refractivity contribution in [2.24, 2.45) is 0 Å². The Morgan fingerprint density at radius 2 is 1.92 bits per heavy atom. The first-order valence-electron chi connectivity index (χ1n) is 5.31. The van der Waals surface area contributed by atoms with Crippen LogP contribution in [0.1, 0.15) is 25.7 Å². The number of nitrogens with one attached hydrogen (secondary N) is 2. The van der Waals surface area contributed by atoms with Crippen LogP contribution in [0.2, 0.25) is 0 Å². The topological polar surface area (TPSA) is 27.3 Å². The average molecular weight is 266 g/mol. The molecule has 0 aromatic rings. The third-order valence-electron chi connectivity index (χ3n) is 2.91. The lowest BCUT2D eigenvalue weighted by atomic mass is 10.3. The van der Waals surface area contributed by atoms with Crippen molar-refractivity contribution in [1.29, 1.82) is 0 Å². The fraction of sp³-hybridized carbons (Fsp3) is 1.00. The molecule has 1 saturated carbocycles. The van der Waals surface area contributed by atoms with Gasteiger partial charge >= 0.3 is 0 Å². The monoisotopic (exact) mass is 265 g/mol. The van der Waals surface area contributed by atoms with Gasteiger partial charge < -0.3 is 13.5 Å². The first kappa shape index (κ1) is 12.0. The molecule has 0 radical (unpaired) electrons. The highest BCUT2D eigenvalue weighted by molar-refractivity contribution is 7.12. The first-order valence-corrected chi connectivity index (χ1v) is 13.2. The molecule has 0 aromatic heterocycles. The van der Waals surface area contributed by atoms with Gasteiger partial charge in [0, 0.05) is 0 Å². The van der Waals surface area contributed by atoms with Crippen LogP contribution in [-0.2, 0) is 0 Å². The first-order chi connectivity index (χ1) is 6.24. The molecule has 0 aromatic carbocycles. The summed E-state index contributed by atoms with van der Waals surface area (Å²) in [5, 5.41) is 0. The maximum Gasteiger partial charge on any atom is 0.162 e. The van der Waals surface area contributed by atoms with Gasteiger partial charge in [0.1, 0.15) is 9.20 Å². The highest BCUT2D eigenvalue weighted by atomic mass is 29.2. The van der Waals surface area contributed by atoms with Crippen molar-refractivity contribution in [3.63, 3.8) is 0 Å². The predicted molar refractivity (Wildman–Crippen MR) is 75.9 cm³/mol. The van der Waals surface area contributed by atoms with Crippen molar-refractivity contribution in [2.45, 2.75) is 31.7 Å². The van der Waals surface area contributed by atoms with Crippen molar-refractivity contribution < 1.29 is 0 Å². The smallest absolute Gasteiger partial charge is 0.162 e. The second-order valence-electron chi connectivity index (χ2n) is 4.16. The lowest BCUT2D eigenvalue weighted by Gasteiger charge is -2.24. The molecular formula is C5H23N3Si5. The highest BCUT2D eigenvalue weighted by Crippen LogP contribution is 2.16. The molecule has 0 aliphatic heterocycles. The zero-order chi connectivity index (χ0) is 9.68. The molecule has 3 nitrogen and oxygen atoms in total. The molecule has 1 aliphatic rings. The van der Waals surface area contributed by atoms with Crippen LogP contribution in [0.4, 0.5) is 0 Å². The predicted octanol–water partition coefficient (Wildman–Crippen LogP) is -4.95. The van der Waals surface area contributed by atoms with Gasteiger partial charge in [-0.05, 0) is 18.9 Å². The minimum atomic E-state index is -0.546. The largest absolute Gasteiger partial charge is 0.375 e. The SMILES string of the molecule is [SiH3]N[SiH]([SiH2]NC1CCCC1)N([SiH3])[SiH3]. The second kappa shape index (κ2) is 6.45. The normalized spacial score (nSPS) is 22.8. The highest BCUT2D eigenvalue weighted by Gasteiger charge is 2.17. The molecule has 1 atom stereocenters. The summed E-state index contributed by atoms with van der Waals surface area (Å²) in [4.78, 5) is 3.88. The van der Waals surface area contributed by atoms with Gasteiger partial charge in [-0.25, -0.2) is 0 Å². The summed E-state index contributed by atoms with van der Waals surface area (Å²) in [6.07, 6.45) is 5.85. The maximum absolute atomic E-state index is 3.88. The van der Waals surface area contributed by atoms with E-state index in [4.69, 9.17) is 0 Å². The molecule has 1 unspecified atom stereocenters. The Bertz CT molecular complexity index is 140. The van der Waals surface area contributed by atoms with E-state index in [0.29, 0.717) is 0 Å². The van der Waals surface area contributed by atoms with E-state index >= 15 is 0 Å². The fourth-order valence-electron chi connectivity index (χ4n) is 1.95. The van der Waals surface area contributed by atoms with E-state index in [9.17, 15) is 0 Å². The van der Waals surface area contributed by atoms with Gasteiger partial charge in [-0.15, -0.1) is 0 Å². The summed E-state index contributed by atoms with van der Waals surface area (Å²) in [5.41, 5.74) is 0. The van der Waals surface area contributed by atoms with Crippen LogP contribution in [0.25, 0.3) is 0 Å². The molecule has 0 heterocycles. The van der Waals surface area contributed by atoms with Crippen molar-refractivity contribution in [1.82, 2.24) is 13.5 Å². The molecule has 1 rings (SSSR count). The van der Waals surface area contributed by atoms with Gasteiger partial charge in [0.05, 0.1) is 31.2 Å². The molecule has 0 bridgehead atoms. The number of hydrogen-bond donors (Lipinski definition) is 2. The van der Waals surface area contributed by atoms with E-state index in [0.717, 1.165) is 6.04 Å². The Hall–Kier alpha value is 0.964. The van der Waals surface area contributed by atoms with Gasteiger partial charge in [-0.2, -0.15) is 0 Å². The summed E-state index contributed by atoms with van der Waals surface area (Å²) >= 11 is 0. The van der Waals surface area contributed by atoms with Crippen LogP contribution in [0.5, 0.6) is 0 Å². The average Bonchev–Trinajstić information content (AvgIpc) is 2.57. The Labute approximate surface area is 94.4 Å². The third-order valence-corrected chi connectivity index (χ3v) is 23.9. The third kappa shape index (κ3) is 4.33. The van der Waals surface area contributed by atoms with E-state index in [2.05, 4.69) is 13.5 Å². The zero-order valence-corrected chi connectivity index (χ0v) is 17.7. The zero-order valence-electron chi connectivity index (χ0n) is 9.14. The molecule has 8 heteroatoms. The van der Waals surface area contributed by atoms with Crippen LogP contribution in [0.3, 0.4) is 0 Å². The maximum atomic E-state index is 3.88. The summed E-state index contributed by atoms with van der Waals surface area (Å²) in [7, 11) is 3.32. The van der Waals surface area contributed by atoms with Crippen LogP contribution >= 0.6 is 0 Å². The Balaban J connectivity index is 2.15. The van der Waals surface area contributed by atoms with Gasteiger partial charge in [-0.3, -0.25) is 0 Å². The van der Waals surface area contributed by atoms with Crippen molar-refractivity contribution in [3.05, 3.63) is 0 Å². The van der Waals surface area contributed by atoms with Gasteiger partial charge in [0.25, 0.3) is 0 Å². The molecule has 0 spiro atoms. The Kier molecular flexibility index (Phi) is 5.97. The van der Waals surface area contributed by atoms with E-state index < -0.39 is 8.64 Å². The molecular weight excluding hydrogens is 243 g/mol. The molecule has 1 aliphatic carbocycles. The molecule has 78 valence electrons.